The van der Waals surface area contributed by atoms with E-state index in [1.54, 1.807) is 0 Å². The van der Waals surface area contributed by atoms with Gasteiger partial charge in [0.2, 0.25) is 5.91 Å². The van der Waals surface area contributed by atoms with Crippen molar-refractivity contribution in [2.24, 2.45) is 11.3 Å². The molecular weight excluding hydrogens is 420 g/mol. The van der Waals surface area contributed by atoms with Crippen LogP contribution in [0.1, 0.15) is 43.2 Å². The second-order valence-corrected chi connectivity index (χ2v) is 10.4. The van der Waals surface area contributed by atoms with Crippen LogP contribution < -0.4 is 5.32 Å². The van der Waals surface area contributed by atoms with Crippen molar-refractivity contribution in [3.05, 3.63) is 70.7 Å². The van der Waals surface area contributed by atoms with Crippen LogP contribution in [-0.4, -0.2) is 43.7 Å². The van der Waals surface area contributed by atoms with Crippen molar-refractivity contribution >= 4 is 17.5 Å². The predicted molar refractivity (Wildman–Crippen MR) is 128 cm³/mol. The maximum absolute atomic E-state index is 13.1. The zero-order chi connectivity index (χ0) is 22.0. The number of ether oxygens (including phenoxy) is 1. The van der Waals surface area contributed by atoms with E-state index in [0.717, 1.165) is 70.0 Å². The zero-order valence-corrected chi connectivity index (χ0v) is 19.4. The smallest absolute Gasteiger partial charge is 0.223 e. The first-order chi connectivity index (χ1) is 15.6. The minimum atomic E-state index is -0.00443. The number of amides is 1. The van der Waals surface area contributed by atoms with Crippen molar-refractivity contribution in [2.45, 2.75) is 44.1 Å². The van der Waals surface area contributed by atoms with E-state index in [1.165, 1.54) is 11.1 Å². The average Bonchev–Trinajstić information content (AvgIpc) is 3.55. The Morgan fingerprint density at radius 3 is 2.41 bits per heavy atom. The molecule has 1 saturated carbocycles. The lowest BCUT2D eigenvalue weighted by atomic mass is 9.74. The number of carbonyl (C=O) groups excluding carboxylic acids is 1. The first kappa shape index (κ1) is 21.9. The van der Waals surface area contributed by atoms with Crippen LogP contribution in [-0.2, 0) is 21.5 Å². The predicted octanol–water partition coefficient (Wildman–Crippen LogP) is 4.81. The lowest BCUT2D eigenvalue weighted by Gasteiger charge is -2.38. The van der Waals surface area contributed by atoms with Crippen LogP contribution in [0.25, 0.3) is 0 Å². The van der Waals surface area contributed by atoms with E-state index >= 15 is 0 Å². The lowest BCUT2D eigenvalue weighted by molar-refractivity contribution is -0.124. The summed E-state index contributed by atoms with van der Waals surface area (Å²) in [6, 6.07) is 18.8. The van der Waals surface area contributed by atoms with E-state index in [2.05, 4.69) is 52.7 Å². The van der Waals surface area contributed by atoms with Crippen molar-refractivity contribution < 1.29 is 9.53 Å². The number of halogens is 1. The quantitative estimate of drug-likeness (QED) is 0.684. The Bertz CT molecular complexity index is 934. The van der Waals surface area contributed by atoms with Crippen LogP contribution in [0, 0.1) is 11.3 Å². The molecule has 2 aliphatic heterocycles. The fraction of sp³-hybridized carbons (Fsp3) is 0.519. The maximum atomic E-state index is 13.1. The average molecular weight is 453 g/mol. The highest BCUT2D eigenvalue weighted by molar-refractivity contribution is 6.31. The third-order valence-electron chi connectivity index (χ3n) is 8.15. The Balaban J connectivity index is 1.15. The van der Waals surface area contributed by atoms with Gasteiger partial charge in [0.25, 0.3) is 0 Å². The highest BCUT2D eigenvalue weighted by Gasteiger charge is 2.58. The van der Waals surface area contributed by atoms with Gasteiger partial charge in [-0.3, -0.25) is 9.69 Å². The molecule has 2 aromatic rings. The summed E-state index contributed by atoms with van der Waals surface area (Å²) in [6.45, 7) is 5.22. The second-order valence-electron chi connectivity index (χ2n) is 9.96. The van der Waals surface area contributed by atoms with Crippen molar-refractivity contribution in [2.75, 3.05) is 32.8 Å². The normalized spacial score (nSPS) is 24.2. The van der Waals surface area contributed by atoms with E-state index in [4.69, 9.17) is 16.3 Å². The molecule has 0 radical (unpaired) electrons. The van der Waals surface area contributed by atoms with Crippen LogP contribution in [0.15, 0.2) is 54.6 Å². The van der Waals surface area contributed by atoms with E-state index < -0.39 is 0 Å². The Morgan fingerprint density at radius 1 is 1.00 bits per heavy atom. The monoisotopic (exact) mass is 452 g/mol. The standard InChI is InChI=1S/C27H33ClN2O2/c28-24-9-5-4-6-21(24)19-30-14-10-26(11-15-30)18-23(26)25(31)29-20-27(12-16-32-17-13-27)22-7-2-1-3-8-22/h1-9,23H,10-20H2,(H,29,31). The Kier molecular flexibility index (Phi) is 6.28. The molecule has 1 spiro atoms. The van der Waals surface area contributed by atoms with Crippen LogP contribution in [0.5, 0.6) is 0 Å². The number of rotatable bonds is 6. The largest absolute Gasteiger partial charge is 0.381 e. The van der Waals surface area contributed by atoms with E-state index in [0.29, 0.717) is 6.54 Å². The van der Waals surface area contributed by atoms with Gasteiger partial charge in [-0.1, -0.05) is 60.1 Å². The number of nitrogens with zero attached hydrogens (tertiary/aromatic N) is 1. The first-order valence-electron chi connectivity index (χ1n) is 12.0. The van der Waals surface area contributed by atoms with Gasteiger partial charge in [-0.2, -0.15) is 0 Å². The van der Waals surface area contributed by atoms with Crippen LogP contribution in [0.4, 0.5) is 0 Å². The van der Waals surface area contributed by atoms with Gasteiger partial charge in [-0.25, -0.2) is 0 Å². The van der Waals surface area contributed by atoms with Gasteiger partial charge >= 0.3 is 0 Å². The molecule has 2 aromatic carbocycles. The van der Waals surface area contributed by atoms with Gasteiger partial charge in [-0.15, -0.1) is 0 Å². The Morgan fingerprint density at radius 2 is 1.69 bits per heavy atom. The van der Waals surface area contributed by atoms with Crippen molar-refractivity contribution in [1.82, 2.24) is 10.2 Å². The molecule has 2 heterocycles. The number of likely N-dealkylation sites (tertiary alicyclic amines) is 1. The Labute approximate surface area is 196 Å². The molecule has 2 saturated heterocycles. The van der Waals surface area contributed by atoms with Gasteiger partial charge < -0.3 is 10.1 Å². The molecule has 5 heteroatoms. The second kappa shape index (κ2) is 9.17. The van der Waals surface area contributed by atoms with E-state index in [-0.39, 0.29) is 22.7 Å². The molecule has 4 nitrogen and oxygen atoms in total. The summed E-state index contributed by atoms with van der Waals surface area (Å²) in [7, 11) is 0. The molecule has 32 heavy (non-hydrogen) atoms. The SMILES string of the molecule is O=C(NCC1(c2ccccc2)CCOCC1)C1CC12CCN(Cc1ccccc1Cl)CC2. The fourth-order valence-electron chi connectivity index (χ4n) is 5.80. The van der Waals surface area contributed by atoms with Crippen LogP contribution >= 0.6 is 11.6 Å². The number of hydrogen-bond acceptors (Lipinski definition) is 3. The highest BCUT2D eigenvalue weighted by Crippen LogP contribution is 2.59. The number of carbonyl (C=O) groups is 1. The minimum Gasteiger partial charge on any atom is -0.381 e. The molecule has 0 aromatic heterocycles. The minimum absolute atomic E-state index is 0.00443. The van der Waals surface area contributed by atoms with E-state index in [9.17, 15) is 4.79 Å². The van der Waals surface area contributed by atoms with Gasteiger partial charge in [-0.05, 0) is 67.8 Å². The molecule has 0 bridgehead atoms. The molecule has 1 aliphatic carbocycles. The third kappa shape index (κ3) is 4.46. The Hall–Kier alpha value is -1.88. The zero-order valence-electron chi connectivity index (χ0n) is 18.7. The number of nitrogens with one attached hydrogen (secondary N) is 1. The van der Waals surface area contributed by atoms with E-state index in [1.807, 2.05) is 12.1 Å². The van der Waals surface area contributed by atoms with Crippen molar-refractivity contribution in [1.29, 1.82) is 0 Å². The summed E-state index contributed by atoms with van der Waals surface area (Å²) in [5.41, 5.74) is 2.73. The molecule has 1 N–H and O–H groups in total. The van der Waals surface area contributed by atoms with Crippen molar-refractivity contribution in [3.63, 3.8) is 0 Å². The summed E-state index contributed by atoms with van der Waals surface area (Å²) in [5.74, 6) is 0.434. The lowest BCUT2D eigenvalue weighted by Crippen LogP contribution is -2.45. The maximum Gasteiger partial charge on any atom is 0.223 e. The molecule has 3 aliphatic rings. The van der Waals surface area contributed by atoms with Crippen LogP contribution in [0.3, 0.4) is 0 Å². The topological polar surface area (TPSA) is 41.6 Å². The van der Waals surface area contributed by atoms with Gasteiger partial charge in [0.1, 0.15) is 0 Å². The summed E-state index contributed by atoms with van der Waals surface area (Å²) in [6.07, 6.45) is 5.18. The summed E-state index contributed by atoms with van der Waals surface area (Å²) in [4.78, 5) is 15.6. The van der Waals surface area contributed by atoms with Crippen LogP contribution in [0.2, 0.25) is 5.02 Å². The van der Waals surface area contributed by atoms with Gasteiger partial charge in [0.05, 0.1) is 0 Å². The fourth-order valence-corrected chi connectivity index (χ4v) is 5.99. The van der Waals surface area contributed by atoms with Gasteiger partial charge in [0.15, 0.2) is 0 Å². The molecule has 5 rings (SSSR count). The molecule has 1 atom stereocenters. The highest BCUT2D eigenvalue weighted by atomic mass is 35.5. The summed E-state index contributed by atoms with van der Waals surface area (Å²) >= 11 is 6.34. The summed E-state index contributed by atoms with van der Waals surface area (Å²) in [5, 5.41) is 4.20. The molecule has 3 fully saturated rings. The number of hydrogen-bond donors (Lipinski definition) is 1. The number of benzene rings is 2. The molecule has 1 amide bonds. The van der Waals surface area contributed by atoms with Crippen molar-refractivity contribution in [3.8, 4) is 0 Å². The third-order valence-corrected chi connectivity index (χ3v) is 8.52. The number of piperidine rings is 1. The van der Waals surface area contributed by atoms with Gasteiger partial charge in [0, 0.05) is 42.7 Å². The summed E-state index contributed by atoms with van der Waals surface area (Å²) < 4.78 is 5.64. The molecule has 1 unspecified atom stereocenters. The first-order valence-corrected chi connectivity index (χ1v) is 12.3. The molecule has 170 valence electrons. The molecular formula is C27H33ClN2O2.